The Kier molecular flexibility index (Phi) is 5.81. The van der Waals surface area contributed by atoms with Gasteiger partial charge in [0.15, 0.2) is 0 Å². The highest BCUT2D eigenvalue weighted by molar-refractivity contribution is 9.10. The summed E-state index contributed by atoms with van der Waals surface area (Å²) in [7, 11) is 0. The van der Waals surface area contributed by atoms with Crippen LogP contribution in [0, 0.1) is 5.92 Å². The lowest BCUT2D eigenvalue weighted by Crippen LogP contribution is -2.22. The highest BCUT2D eigenvalue weighted by Gasteiger charge is 2.12. The Hall–Kier alpha value is -1.12. The van der Waals surface area contributed by atoms with E-state index < -0.39 is 0 Å². The minimum Gasteiger partial charge on any atom is -0.306 e. The lowest BCUT2D eigenvalue weighted by molar-refractivity contribution is 0.428. The predicted octanol–water partition coefficient (Wildman–Crippen LogP) is 5.33. The highest BCUT2D eigenvalue weighted by atomic mass is 79.9. The molecule has 0 radical (unpaired) electrons. The molecule has 0 bridgehead atoms. The van der Waals surface area contributed by atoms with Crippen molar-refractivity contribution < 1.29 is 0 Å². The summed E-state index contributed by atoms with van der Waals surface area (Å²) in [5.41, 5.74) is 2.69. The molecule has 1 unspecified atom stereocenters. The fourth-order valence-electron chi connectivity index (χ4n) is 2.34. The van der Waals surface area contributed by atoms with E-state index in [1.54, 1.807) is 0 Å². The topological polar surface area (TPSA) is 12.0 Å². The van der Waals surface area contributed by atoms with Crippen LogP contribution in [0.4, 0.5) is 0 Å². The van der Waals surface area contributed by atoms with Gasteiger partial charge < -0.3 is 5.32 Å². The molecule has 0 spiro atoms. The van der Waals surface area contributed by atoms with E-state index >= 15 is 0 Å². The van der Waals surface area contributed by atoms with Crippen LogP contribution in [0.2, 0.25) is 0 Å². The number of halogens is 1. The first-order chi connectivity index (χ1) is 9.65. The molecule has 2 aromatic carbocycles. The Morgan fingerprint density at radius 3 is 2.20 bits per heavy atom. The average Bonchev–Trinajstić information content (AvgIpc) is 2.46. The number of hydrogen-bond donors (Lipinski definition) is 1. The molecule has 0 amide bonds. The molecule has 0 aromatic heterocycles. The fourth-order valence-corrected chi connectivity index (χ4v) is 2.60. The molecule has 2 aromatic rings. The van der Waals surface area contributed by atoms with E-state index in [2.05, 4.69) is 89.7 Å². The van der Waals surface area contributed by atoms with E-state index in [0.717, 1.165) is 17.4 Å². The van der Waals surface area contributed by atoms with Gasteiger partial charge in [-0.25, -0.2) is 0 Å². The Morgan fingerprint density at radius 2 is 1.60 bits per heavy atom. The average molecular weight is 332 g/mol. The minimum absolute atomic E-state index is 0.417. The maximum atomic E-state index is 3.69. The summed E-state index contributed by atoms with van der Waals surface area (Å²) in [5.74, 6) is 0.678. The van der Waals surface area contributed by atoms with Crippen LogP contribution >= 0.6 is 15.9 Å². The van der Waals surface area contributed by atoms with Gasteiger partial charge in [-0.3, -0.25) is 0 Å². The van der Waals surface area contributed by atoms with Gasteiger partial charge >= 0.3 is 0 Å². The van der Waals surface area contributed by atoms with Crippen LogP contribution in [-0.2, 0) is 6.54 Å². The molecule has 1 nitrogen and oxygen atoms in total. The van der Waals surface area contributed by atoms with Gasteiger partial charge in [-0.05, 0) is 35.6 Å². The SMILES string of the molecule is CC(C)CC(NCc1ccc(Br)cc1)c1ccccc1. The molecule has 2 heteroatoms. The molecule has 0 heterocycles. The molecule has 2 rings (SSSR count). The second-order valence-electron chi connectivity index (χ2n) is 5.60. The van der Waals surface area contributed by atoms with E-state index in [1.165, 1.54) is 11.1 Å². The molecular formula is C18H22BrN. The number of hydrogen-bond acceptors (Lipinski definition) is 1. The number of nitrogens with one attached hydrogen (secondary N) is 1. The molecular weight excluding hydrogens is 310 g/mol. The molecule has 20 heavy (non-hydrogen) atoms. The van der Waals surface area contributed by atoms with Gasteiger partial charge in [0.05, 0.1) is 0 Å². The standard InChI is InChI=1S/C18H22BrN/c1-14(2)12-18(16-6-4-3-5-7-16)20-13-15-8-10-17(19)11-9-15/h3-11,14,18,20H,12-13H2,1-2H3. The largest absolute Gasteiger partial charge is 0.306 e. The maximum absolute atomic E-state index is 3.69. The van der Waals surface area contributed by atoms with Crippen LogP contribution < -0.4 is 5.32 Å². The lowest BCUT2D eigenvalue weighted by Gasteiger charge is -2.21. The summed E-state index contributed by atoms with van der Waals surface area (Å²) in [5, 5.41) is 3.69. The predicted molar refractivity (Wildman–Crippen MR) is 89.6 cm³/mol. The van der Waals surface area contributed by atoms with Gasteiger partial charge in [-0.15, -0.1) is 0 Å². The van der Waals surface area contributed by atoms with E-state index in [4.69, 9.17) is 0 Å². The van der Waals surface area contributed by atoms with Crippen molar-refractivity contribution in [1.29, 1.82) is 0 Å². The van der Waals surface area contributed by atoms with Crippen molar-refractivity contribution in [2.75, 3.05) is 0 Å². The molecule has 0 aliphatic carbocycles. The van der Waals surface area contributed by atoms with Crippen LogP contribution in [-0.4, -0.2) is 0 Å². The third-order valence-electron chi connectivity index (χ3n) is 3.37. The molecule has 1 atom stereocenters. The summed E-state index contributed by atoms with van der Waals surface area (Å²) in [6.07, 6.45) is 1.15. The van der Waals surface area contributed by atoms with E-state index in [1.807, 2.05) is 0 Å². The second kappa shape index (κ2) is 7.61. The van der Waals surface area contributed by atoms with E-state index in [-0.39, 0.29) is 0 Å². The Balaban J connectivity index is 2.03. The summed E-state index contributed by atoms with van der Waals surface area (Å²) in [6, 6.07) is 19.7. The van der Waals surface area contributed by atoms with Gasteiger partial charge in [0.2, 0.25) is 0 Å². The quantitative estimate of drug-likeness (QED) is 0.754. The number of rotatable bonds is 6. The fraction of sp³-hybridized carbons (Fsp3) is 0.333. The number of benzene rings is 2. The summed E-state index contributed by atoms with van der Waals surface area (Å²) < 4.78 is 1.13. The highest BCUT2D eigenvalue weighted by Crippen LogP contribution is 2.21. The Bertz CT molecular complexity index is 505. The smallest absolute Gasteiger partial charge is 0.0325 e. The van der Waals surface area contributed by atoms with Crippen LogP contribution in [0.25, 0.3) is 0 Å². The van der Waals surface area contributed by atoms with Crippen LogP contribution in [0.1, 0.15) is 37.4 Å². The molecule has 106 valence electrons. The Morgan fingerprint density at radius 1 is 0.950 bits per heavy atom. The molecule has 0 fully saturated rings. The summed E-state index contributed by atoms with van der Waals surface area (Å²) in [6.45, 7) is 5.45. The first kappa shape index (κ1) is 15.3. The summed E-state index contributed by atoms with van der Waals surface area (Å²) in [4.78, 5) is 0. The first-order valence-electron chi connectivity index (χ1n) is 7.18. The zero-order valence-corrected chi connectivity index (χ0v) is 13.7. The molecule has 0 saturated heterocycles. The van der Waals surface area contributed by atoms with Crippen molar-refractivity contribution in [2.24, 2.45) is 5.92 Å². The third-order valence-corrected chi connectivity index (χ3v) is 3.90. The van der Waals surface area contributed by atoms with Crippen molar-refractivity contribution in [2.45, 2.75) is 32.9 Å². The van der Waals surface area contributed by atoms with Crippen LogP contribution in [0.15, 0.2) is 59.1 Å². The Labute approximate surface area is 130 Å². The first-order valence-corrected chi connectivity index (χ1v) is 7.97. The van der Waals surface area contributed by atoms with Crippen LogP contribution in [0.5, 0.6) is 0 Å². The van der Waals surface area contributed by atoms with Gasteiger partial charge in [0.1, 0.15) is 0 Å². The van der Waals surface area contributed by atoms with Crippen molar-refractivity contribution in [1.82, 2.24) is 5.32 Å². The normalized spacial score (nSPS) is 12.6. The molecule has 1 N–H and O–H groups in total. The zero-order chi connectivity index (χ0) is 14.4. The van der Waals surface area contributed by atoms with Crippen molar-refractivity contribution in [3.63, 3.8) is 0 Å². The molecule has 0 saturated carbocycles. The monoisotopic (exact) mass is 331 g/mol. The molecule has 0 aliphatic heterocycles. The maximum Gasteiger partial charge on any atom is 0.0325 e. The van der Waals surface area contributed by atoms with Gasteiger partial charge in [-0.1, -0.05) is 72.2 Å². The summed E-state index contributed by atoms with van der Waals surface area (Å²) >= 11 is 3.47. The van der Waals surface area contributed by atoms with Crippen molar-refractivity contribution in [3.05, 3.63) is 70.2 Å². The minimum atomic E-state index is 0.417. The van der Waals surface area contributed by atoms with Crippen molar-refractivity contribution in [3.8, 4) is 0 Å². The zero-order valence-electron chi connectivity index (χ0n) is 12.1. The van der Waals surface area contributed by atoms with E-state index in [9.17, 15) is 0 Å². The van der Waals surface area contributed by atoms with Crippen LogP contribution in [0.3, 0.4) is 0 Å². The van der Waals surface area contributed by atoms with Gasteiger partial charge in [0.25, 0.3) is 0 Å². The van der Waals surface area contributed by atoms with Gasteiger partial charge in [-0.2, -0.15) is 0 Å². The van der Waals surface area contributed by atoms with Crippen molar-refractivity contribution >= 4 is 15.9 Å². The van der Waals surface area contributed by atoms with Gasteiger partial charge in [0, 0.05) is 17.1 Å². The second-order valence-corrected chi connectivity index (χ2v) is 6.52. The molecule has 0 aliphatic rings. The van der Waals surface area contributed by atoms with E-state index in [0.29, 0.717) is 12.0 Å². The third kappa shape index (κ3) is 4.77. The lowest BCUT2D eigenvalue weighted by atomic mass is 9.97.